The van der Waals surface area contributed by atoms with E-state index in [1.165, 1.54) is 43.3 Å². The van der Waals surface area contributed by atoms with E-state index >= 15 is 0 Å². The number of carbonyl (C=O) groups excluding carboxylic acids is 2. The zero-order chi connectivity index (χ0) is 23.8. The van der Waals surface area contributed by atoms with Crippen LogP contribution in [0.5, 0.6) is 5.75 Å². The number of carbonyl (C=O) groups is 2. The highest BCUT2D eigenvalue weighted by molar-refractivity contribution is 7.16. The highest BCUT2D eigenvalue weighted by atomic mass is 35.5. The number of halogens is 1. The molecule has 0 aliphatic carbocycles. The number of fused-ring (bicyclic) bond motifs is 1. The largest absolute Gasteiger partial charge is 0.494 e. The predicted molar refractivity (Wildman–Crippen MR) is 124 cm³/mol. The summed E-state index contributed by atoms with van der Waals surface area (Å²) >= 11 is 7.42. The molecule has 0 fully saturated rings. The molecule has 0 saturated heterocycles. The monoisotopic (exact) mass is 496 g/mol. The van der Waals surface area contributed by atoms with Crippen molar-refractivity contribution >= 4 is 39.9 Å². The Kier molecular flexibility index (Phi) is 5.72. The molecule has 0 aromatic carbocycles. The van der Waals surface area contributed by atoms with Gasteiger partial charge in [0, 0.05) is 23.0 Å². The Balaban J connectivity index is 1.38. The molecule has 0 bridgehead atoms. The van der Waals surface area contributed by atoms with Crippen LogP contribution in [0.15, 0.2) is 41.4 Å². The fourth-order valence-electron chi connectivity index (χ4n) is 3.62. The maximum atomic E-state index is 13.2. The Bertz CT molecular complexity index is 1380. The van der Waals surface area contributed by atoms with Crippen LogP contribution in [0.3, 0.4) is 0 Å². The van der Waals surface area contributed by atoms with Crippen LogP contribution in [-0.4, -0.2) is 43.8 Å². The van der Waals surface area contributed by atoms with Crippen molar-refractivity contribution in [3.05, 3.63) is 69.9 Å². The van der Waals surface area contributed by atoms with E-state index in [0.717, 1.165) is 16.3 Å². The summed E-state index contributed by atoms with van der Waals surface area (Å²) in [6, 6.07) is 3.43. The summed E-state index contributed by atoms with van der Waals surface area (Å²) < 4.78 is 10.5. The first-order valence-corrected chi connectivity index (χ1v) is 11.3. The van der Waals surface area contributed by atoms with Crippen LogP contribution in [0.25, 0.3) is 11.1 Å². The van der Waals surface area contributed by atoms with Crippen molar-refractivity contribution in [1.29, 1.82) is 0 Å². The number of rotatable bonds is 5. The summed E-state index contributed by atoms with van der Waals surface area (Å²) in [5, 5.41) is 3.56. The molecule has 5 rings (SSSR count). The molecule has 0 radical (unpaired) electrons. The lowest BCUT2D eigenvalue weighted by Gasteiger charge is -2.14. The summed E-state index contributed by atoms with van der Waals surface area (Å²) in [4.78, 5) is 44.8. The van der Waals surface area contributed by atoms with E-state index in [4.69, 9.17) is 20.8 Å². The van der Waals surface area contributed by atoms with Gasteiger partial charge in [0.15, 0.2) is 5.13 Å². The van der Waals surface area contributed by atoms with Gasteiger partial charge in [0.05, 0.1) is 48.7 Å². The second kappa shape index (κ2) is 8.84. The van der Waals surface area contributed by atoms with Crippen LogP contribution in [0.2, 0.25) is 5.15 Å². The number of amides is 2. The SMILES string of the molecule is COc1cnc(Cl)cc1-c1cc(C)ncc1C(=O)Nc1nc2c(s1)CN(C(=O)c1ncco1)C2. The lowest BCUT2D eigenvalue weighted by molar-refractivity contribution is 0.0710. The first-order chi connectivity index (χ1) is 16.4. The van der Waals surface area contributed by atoms with Crippen molar-refractivity contribution in [3.8, 4) is 16.9 Å². The van der Waals surface area contributed by atoms with Gasteiger partial charge in [-0.15, -0.1) is 0 Å². The lowest BCUT2D eigenvalue weighted by atomic mass is 10.0. The first-order valence-electron chi connectivity index (χ1n) is 10.1. The number of anilines is 1. The summed E-state index contributed by atoms with van der Waals surface area (Å²) in [5.41, 5.74) is 3.02. The number of aryl methyl sites for hydroxylation is 1. The third-order valence-electron chi connectivity index (χ3n) is 5.21. The van der Waals surface area contributed by atoms with Gasteiger partial charge in [-0.3, -0.25) is 19.9 Å². The number of oxazole rings is 1. The Morgan fingerprint density at radius 1 is 1.18 bits per heavy atom. The van der Waals surface area contributed by atoms with E-state index < -0.39 is 0 Å². The summed E-state index contributed by atoms with van der Waals surface area (Å²) in [7, 11) is 1.52. The summed E-state index contributed by atoms with van der Waals surface area (Å²) in [5.74, 6) is -0.165. The van der Waals surface area contributed by atoms with Crippen LogP contribution >= 0.6 is 22.9 Å². The predicted octanol–water partition coefficient (Wildman–Crippen LogP) is 3.97. The Morgan fingerprint density at radius 2 is 2.03 bits per heavy atom. The Morgan fingerprint density at radius 3 is 2.76 bits per heavy atom. The number of thiazole rings is 1. The maximum Gasteiger partial charge on any atom is 0.310 e. The van der Waals surface area contributed by atoms with Gasteiger partial charge in [0.25, 0.3) is 11.8 Å². The van der Waals surface area contributed by atoms with Gasteiger partial charge in [-0.25, -0.2) is 15.0 Å². The smallest absolute Gasteiger partial charge is 0.310 e. The second-order valence-electron chi connectivity index (χ2n) is 7.42. The molecule has 0 spiro atoms. The number of hydrogen-bond acceptors (Lipinski definition) is 9. The quantitative estimate of drug-likeness (QED) is 0.412. The van der Waals surface area contributed by atoms with Crippen molar-refractivity contribution in [2.75, 3.05) is 12.4 Å². The number of nitrogens with zero attached hydrogens (tertiary/aromatic N) is 5. The molecular formula is C22H17ClN6O4S. The molecule has 12 heteroatoms. The van der Waals surface area contributed by atoms with Crippen LogP contribution in [-0.2, 0) is 13.1 Å². The van der Waals surface area contributed by atoms with Gasteiger partial charge in [0.2, 0.25) is 0 Å². The summed E-state index contributed by atoms with van der Waals surface area (Å²) in [6.45, 7) is 2.51. The molecule has 172 valence electrons. The molecule has 1 aliphatic heterocycles. The molecule has 0 unspecified atom stereocenters. The third kappa shape index (κ3) is 4.11. The van der Waals surface area contributed by atoms with Crippen molar-refractivity contribution in [1.82, 2.24) is 24.8 Å². The normalized spacial score (nSPS) is 12.5. The average Bonchev–Trinajstić information content (AvgIpc) is 3.55. The first kappa shape index (κ1) is 22.0. The van der Waals surface area contributed by atoms with Gasteiger partial charge in [-0.05, 0) is 19.1 Å². The van der Waals surface area contributed by atoms with Crippen molar-refractivity contribution in [2.24, 2.45) is 0 Å². The highest BCUT2D eigenvalue weighted by Gasteiger charge is 2.30. The Hall–Kier alpha value is -3.83. The number of nitrogens with one attached hydrogen (secondary N) is 1. The van der Waals surface area contributed by atoms with Gasteiger partial charge in [0.1, 0.15) is 17.2 Å². The zero-order valence-corrected chi connectivity index (χ0v) is 19.6. The van der Waals surface area contributed by atoms with Crippen LogP contribution in [0.1, 0.15) is 37.3 Å². The molecule has 2 amide bonds. The fourth-order valence-corrected chi connectivity index (χ4v) is 4.76. The number of methoxy groups -OCH3 is 1. The highest BCUT2D eigenvalue weighted by Crippen LogP contribution is 2.35. The van der Waals surface area contributed by atoms with Crippen molar-refractivity contribution in [3.63, 3.8) is 0 Å². The van der Waals surface area contributed by atoms with Crippen LogP contribution in [0, 0.1) is 6.92 Å². The standard InChI is InChI=1S/C22H17ClN6O4S/c1-11-5-12(13-6-18(23)26-8-16(13)32-2)14(7-25-11)19(30)28-22-27-15-9-29(10-17(15)34-22)21(31)20-24-3-4-33-20/h3-8H,9-10H2,1-2H3,(H,27,28,30). The number of pyridine rings is 2. The second-order valence-corrected chi connectivity index (χ2v) is 8.89. The molecule has 1 aliphatic rings. The fraction of sp³-hybridized carbons (Fsp3) is 0.182. The maximum absolute atomic E-state index is 13.2. The van der Waals surface area contributed by atoms with E-state index in [-0.39, 0.29) is 22.9 Å². The van der Waals surface area contributed by atoms with E-state index in [1.807, 2.05) is 6.92 Å². The van der Waals surface area contributed by atoms with E-state index in [0.29, 0.717) is 40.7 Å². The van der Waals surface area contributed by atoms with E-state index in [1.54, 1.807) is 17.0 Å². The molecule has 5 heterocycles. The van der Waals surface area contributed by atoms with Crippen molar-refractivity contribution in [2.45, 2.75) is 20.0 Å². The molecule has 4 aromatic heterocycles. The molecule has 1 N–H and O–H groups in total. The van der Waals surface area contributed by atoms with E-state index in [9.17, 15) is 9.59 Å². The third-order valence-corrected chi connectivity index (χ3v) is 6.41. The van der Waals surface area contributed by atoms with Gasteiger partial charge in [-0.2, -0.15) is 0 Å². The Labute approximate surface area is 202 Å². The topological polar surface area (TPSA) is 123 Å². The number of ether oxygens (including phenoxy) is 1. The molecule has 0 atom stereocenters. The molecular weight excluding hydrogens is 480 g/mol. The molecule has 34 heavy (non-hydrogen) atoms. The van der Waals surface area contributed by atoms with Gasteiger partial charge >= 0.3 is 5.91 Å². The van der Waals surface area contributed by atoms with Gasteiger partial charge in [-0.1, -0.05) is 22.9 Å². The summed E-state index contributed by atoms with van der Waals surface area (Å²) in [6.07, 6.45) is 5.79. The molecule has 0 saturated carbocycles. The lowest BCUT2D eigenvalue weighted by Crippen LogP contribution is -2.25. The number of aromatic nitrogens is 4. The number of hydrogen-bond donors (Lipinski definition) is 1. The van der Waals surface area contributed by atoms with Crippen LogP contribution in [0.4, 0.5) is 5.13 Å². The van der Waals surface area contributed by atoms with Crippen LogP contribution < -0.4 is 10.1 Å². The minimum atomic E-state index is -0.377. The zero-order valence-electron chi connectivity index (χ0n) is 18.0. The minimum Gasteiger partial charge on any atom is -0.494 e. The minimum absolute atomic E-state index is 0.0368. The van der Waals surface area contributed by atoms with E-state index in [2.05, 4.69) is 25.3 Å². The molecule has 4 aromatic rings. The van der Waals surface area contributed by atoms with Crippen molar-refractivity contribution < 1.29 is 18.7 Å². The van der Waals surface area contributed by atoms with Gasteiger partial charge < -0.3 is 14.1 Å². The average molecular weight is 497 g/mol. The molecule has 10 nitrogen and oxygen atoms in total.